The monoisotopic (exact) mass is 303 g/mol. The fourth-order valence-corrected chi connectivity index (χ4v) is 3.60. The summed E-state index contributed by atoms with van der Waals surface area (Å²) in [5.74, 6) is 0.685. The number of aromatic nitrogens is 2. The largest absolute Gasteiger partial charge is 0.389 e. The molecule has 6 nitrogen and oxygen atoms in total. The SMILES string of the molecule is CCCn1cc(S(=O)(=O)N(CC)CC(C)(C)O)nc1C. The molecule has 0 aliphatic heterocycles. The number of likely N-dealkylation sites (N-methyl/N-ethyl adjacent to an activating group) is 1. The zero-order chi connectivity index (χ0) is 15.6. The molecule has 1 N–H and O–H groups in total. The standard InChI is InChI=1S/C13H25N3O3S/c1-6-8-15-9-12(14-11(15)3)20(18,19)16(7-2)10-13(4,5)17/h9,17H,6-8,10H2,1-5H3. The Hall–Kier alpha value is -0.920. The maximum atomic E-state index is 12.5. The van der Waals surface area contributed by atoms with Crippen molar-refractivity contribution in [1.29, 1.82) is 0 Å². The van der Waals surface area contributed by atoms with Gasteiger partial charge in [-0.25, -0.2) is 13.4 Å². The Morgan fingerprint density at radius 1 is 1.40 bits per heavy atom. The van der Waals surface area contributed by atoms with E-state index in [0.717, 1.165) is 13.0 Å². The second kappa shape index (κ2) is 6.24. The number of rotatable bonds is 7. The molecule has 1 aromatic rings. The van der Waals surface area contributed by atoms with Crippen LogP contribution in [0, 0.1) is 6.92 Å². The summed E-state index contributed by atoms with van der Waals surface area (Å²) in [6.07, 6.45) is 2.49. The van der Waals surface area contributed by atoms with Gasteiger partial charge in [0.2, 0.25) is 0 Å². The minimum absolute atomic E-state index is 0.0471. The van der Waals surface area contributed by atoms with Crippen LogP contribution in [0.5, 0.6) is 0 Å². The highest BCUT2D eigenvalue weighted by atomic mass is 32.2. The van der Waals surface area contributed by atoms with E-state index in [1.807, 2.05) is 11.5 Å². The van der Waals surface area contributed by atoms with Gasteiger partial charge in [-0.05, 0) is 27.2 Å². The molecule has 20 heavy (non-hydrogen) atoms. The normalized spacial score (nSPS) is 13.2. The smallest absolute Gasteiger partial charge is 0.262 e. The van der Waals surface area contributed by atoms with Crippen molar-refractivity contribution in [2.45, 2.75) is 58.2 Å². The molecule has 0 aromatic carbocycles. The fourth-order valence-electron chi connectivity index (χ4n) is 2.00. The first-order valence-corrected chi connectivity index (χ1v) is 8.32. The molecule has 0 fully saturated rings. The lowest BCUT2D eigenvalue weighted by molar-refractivity contribution is 0.0601. The third kappa shape index (κ3) is 4.04. The average Bonchev–Trinajstić information content (AvgIpc) is 2.68. The average molecular weight is 303 g/mol. The predicted molar refractivity (Wildman–Crippen MR) is 78.0 cm³/mol. The molecule has 116 valence electrons. The summed E-state index contributed by atoms with van der Waals surface area (Å²) >= 11 is 0. The molecular weight excluding hydrogens is 278 g/mol. The van der Waals surface area contributed by atoms with E-state index < -0.39 is 15.6 Å². The third-order valence-corrected chi connectivity index (χ3v) is 4.73. The first-order chi connectivity index (χ1) is 9.11. The van der Waals surface area contributed by atoms with E-state index in [-0.39, 0.29) is 11.6 Å². The van der Waals surface area contributed by atoms with Crippen LogP contribution in [0.1, 0.15) is 39.9 Å². The van der Waals surface area contributed by atoms with Crippen molar-refractivity contribution in [2.24, 2.45) is 0 Å². The highest BCUT2D eigenvalue weighted by molar-refractivity contribution is 7.89. The summed E-state index contributed by atoms with van der Waals surface area (Å²) in [6, 6.07) is 0. The molecular formula is C13H25N3O3S. The number of aryl methyl sites for hydroxylation is 2. The van der Waals surface area contributed by atoms with Crippen LogP contribution in [0.2, 0.25) is 0 Å². The van der Waals surface area contributed by atoms with Gasteiger partial charge in [-0.2, -0.15) is 4.31 Å². The summed E-state index contributed by atoms with van der Waals surface area (Å²) in [6.45, 7) is 9.84. The van der Waals surface area contributed by atoms with E-state index in [4.69, 9.17) is 0 Å². The summed E-state index contributed by atoms with van der Waals surface area (Å²) in [7, 11) is -3.66. The van der Waals surface area contributed by atoms with Gasteiger partial charge in [0, 0.05) is 25.8 Å². The summed E-state index contributed by atoms with van der Waals surface area (Å²) in [5.41, 5.74) is -1.08. The lowest BCUT2D eigenvalue weighted by Gasteiger charge is -2.26. The van der Waals surface area contributed by atoms with Crippen molar-refractivity contribution in [2.75, 3.05) is 13.1 Å². The molecule has 1 rings (SSSR count). The van der Waals surface area contributed by atoms with Gasteiger partial charge in [-0.1, -0.05) is 13.8 Å². The predicted octanol–water partition coefficient (Wildman–Crippen LogP) is 1.38. The lowest BCUT2D eigenvalue weighted by Crippen LogP contribution is -2.42. The molecule has 0 amide bonds. The van der Waals surface area contributed by atoms with Crippen molar-refractivity contribution >= 4 is 10.0 Å². The van der Waals surface area contributed by atoms with Crippen LogP contribution in [0.25, 0.3) is 0 Å². The van der Waals surface area contributed by atoms with Gasteiger partial charge >= 0.3 is 0 Å². The van der Waals surface area contributed by atoms with Gasteiger partial charge in [-0.15, -0.1) is 0 Å². The molecule has 0 unspecified atom stereocenters. The minimum Gasteiger partial charge on any atom is -0.389 e. The third-order valence-electron chi connectivity index (χ3n) is 2.94. The van der Waals surface area contributed by atoms with Gasteiger partial charge in [0.1, 0.15) is 5.82 Å². The number of hydrogen-bond donors (Lipinski definition) is 1. The van der Waals surface area contributed by atoms with Crippen molar-refractivity contribution in [3.05, 3.63) is 12.0 Å². The van der Waals surface area contributed by atoms with Gasteiger partial charge in [0.15, 0.2) is 5.03 Å². The van der Waals surface area contributed by atoms with Gasteiger partial charge in [0.25, 0.3) is 10.0 Å². The van der Waals surface area contributed by atoms with Crippen LogP contribution < -0.4 is 0 Å². The van der Waals surface area contributed by atoms with Crippen LogP contribution >= 0.6 is 0 Å². The Labute approximate surface area is 121 Å². The Morgan fingerprint density at radius 3 is 2.45 bits per heavy atom. The Bertz CT molecular complexity index is 544. The molecule has 0 saturated carbocycles. The topological polar surface area (TPSA) is 75.4 Å². The molecule has 0 aliphatic rings. The van der Waals surface area contributed by atoms with Crippen LogP contribution in [-0.4, -0.2) is 46.1 Å². The van der Waals surface area contributed by atoms with Crippen LogP contribution in [0.4, 0.5) is 0 Å². The number of nitrogens with zero attached hydrogens (tertiary/aromatic N) is 3. The Morgan fingerprint density at radius 2 is 2.00 bits per heavy atom. The number of hydrogen-bond acceptors (Lipinski definition) is 4. The van der Waals surface area contributed by atoms with Gasteiger partial charge < -0.3 is 9.67 Å². The molecule has 0 atom stereocenters. The van der Waals surface area contributed by atoms with Crippen molar-refractivity contribution in [1.82, 2.24) is 13.9 Å². The van der Waals surface area contributed by atoms with E-state index in [1.165, 1.54) is 4.31 Å². The van der Waals surface area contributed by atoms with E-state index >= 15 is 0 Å². The lowest BCUT2D eigenvalue weighted by atomic mass is 10.1. The zero-order valence-corrected chi connectivity index (χ0v) is 13.7. The molecule has 0 spiro atoms. The molecule has 1 aromatic heterocycles. The van der Waals surface area contributed by atoms with Crippen LogP contribution in [0.3, 0.4) is 0 Å². The molecule has 0 bridgehead atoms. The number of aliphatic hydroxyl groups is 1. The second-order valence-electron chi connectivity index (χ2n) is 5.56. The van der Waals surface area contributed by atoms with E-state index in [0.29, 0.717) is 12.4 Å². The highest BCUT2D eigenvalue weighted by Gasteiger charge is 2.30. The second-order valence-corrected chi connectivity index (χ2v) is 7.45. The van der Waals surface area contributed by atoms with E-state index in [9.17, 15) is 13.5 Å². The van der Waals surface area contributed by atoms with Crippen molar-refractivity contribution in [3.8, 4) is 0 Å². The fraction of sp³-hybridized carbons (Fsp3) is 0.769. The quantitative estimate of drug-likeness (QED) is 0.826. The molecule has 0 saturated heterocycles. The summed E-state index contributed by atoms with van der Waals surface area (Å²) < 4.78 is 28.2. The number of sulfonamides is 1. The maximum Gasteiger partial charge on any atom is 0.262 e. The molecule has 0 radical (unpaired) electrons. The maximum absolute atomic E-state index is 12.5. The molecule has 1 heterocycles. The van der Waals surface area contributed by atoms with Crippen LogP contribution in [-0.2, 0) is 16.6 Å². The number of imidazole rings is 1. The summed E-state index contributed by atoms with van der Waals surface area (Å²) in [4.78, 5) is 4.15. The van der Waals surface area contributed by atoms with Gasteiger partial charge in [0.05, 0.1) is 5.60 Å². The first-order valence-electron chi connectivity index (χ1n) is 6.88. The Balaban J connectivity index is 3.11. The molecule has 7 heteroatoms. The van der Waals surface area contributed by atoms with Crippen molar-refractivity contribution < 1.29 is 13.5 Å². The van der Waals surface area contributed by atoms with E-state index in [2.05, 4.69) is 4.98 Å². The minimum atomic E-state index is -3.66. The first kappa shape index (κ1) is 17.1. The summed E-state index contributed by atoms with van der Waals surface area (Å²) in [5, 5.41) is 9.89. The van der Waals surface area contributed by atoms with Crippen molar-refractivity contribution in [3.63, 3.8) is 0 Å². The van der Waals surface area contributed by atoms with Crippen LogP contribution in [0.15, 0.2) is 11.2 Å². The Kier molecular flexibility index (Phi) is 5.34. The highest BCUT2D eigenvalue weighted by Crippen LogP contribution is 2.18. The molecule has 0 aliphatic carbocycles. The van der Waals surface area contributed by atoms with Gasteiger partial charge in [-0.3, -0.25) is 0 Å². The van der Waals surface area contributed by atoms with E-state index in [1.54, 1.807) is 33.9 Å². The zero-order valence-electron chi connectivity index (χ0n) is 12.9.